The van der Waals surface area contributed by atoms with Crippen LogP contribution in [0.15, 0.2) is 56.5 Å². The molecule has 4 nitrogen and oxygen atoms in total. The van der Waals surface area contributed by atoms with E-state index >= 15 is 0 Å². The molecule has 0 spiro atoms. The molecule has 0 aliphatic carbocycles. The van der Waals surface area contributed by atoms with E-state index in [0.29, 0.717) is 32.3 Å². The third-order valence-corrected chi connectivity index (χ3v) is 3.77. The van der Waals surface area contributed by atoms with Crippen LogP contribution < -0.4 is 11.2 Å². The maximum atomic E-state index is 12.4. The molecule has 2 heterocycles. The number of rotatable bonds is 0. The first-order valence-corrected chi connectivity index (χ1v) is 6.70. The van der Waals surface area contributed by atoms with Crippen LogP contribution in [0.1, 0.15) is 0 Å². The summed E-state index contributed by atoms with van der Waals surface area (Å²) in [5.41, 5.74) is 0.0578. The third-order valence-electron chi connectivity index (χ3n) is 3.54. The molecular weight excluding hydrogens is 290 g/mol. The average molecular weight is 298 g/mol. The first-order valence-electron chi connectivity index (χ1n) is 6.32. The van der Waals surface area contributed by atoms with Gasteiger partial charge in [-0.15, -0.1) is 0 Å². The summed E-state index contributed by atoms with van der Waals surface area (Å²) < 4.78 is 5.33. The highest BCUT2D eigenvalue weighted by Crippen LogP contribution is 2.26. The molecule has 0 aliphatic heterocycles. The van der Waals surface area contributed by atoms with Crippen molar-refractivity contribution in [1.29, 1.82) is 0 Å². The highest BCUT2D eigenvalue weighted by atomic mass is 35.5. The normalized spacial score (nSPS) is 11.5. The van der Waals surface area contributed by atoms with Gasteiger partial charge in [0.05, 0.1) is 16.3 Å². The summed E-state index contributed by atoms with van der Waals surface area (Å²) in [5, 5.41) is 2.35. The number of hydrogen-bond donors (Lipinski definition) is 1. The number of aromatic nitrogens is 1. The van der Waals surface area contributed by atoms with Gasteiger partial charge in [0.2, 0.25) is 0 Å². The standard InChI is InChI=1S/C16H8ClNO3/c17-8-5-6-9-11(7-8)18-15(19)13-10-3-1-2-4-12(10)21-16(20)14(9)13/h1-7H,(H,18,19). The molecule has 4 aromatic rings. The Bertz CT molecular complexity index is 1140. The second-order valence-corrected chi connectivity index (χ2v) is 5.22. The van der Waals surface area contributed by atoms with Gasteiger partial charge in [0, 0.05) is 15.8 Å². The largest absolute Gasteiger partial charge is 0.422 e. The molecule has 0 amide bonds. The SMILES string of the molecule is O=c1oc2ccccc2c2c(=O)[nH]c3cc(Cl)ccc3c12. The number of hydrogen-bond acceptors (Lipinski definition) is 3. The van der Waals surface area contributed by atoms with Crippen molar-refractivity contribution in [3.05, 3.63) is 68.3 Å². The highest BCUT2D eigenvalue weighted by molar-refractivity contribution is 6.31. The molecule has 0 radical (unpaired) electrons. The van der Waals surface area contributed by atoms with Crippen LogP contribution >= 0.6 is 11.6 Å². The molecule has 21 heavy (non-hydrogen) atoms. The third kappa shape index (κ3) is 1.69. The Morgan fingerprint density at radius 3 is 2.62 bits per heavy atom. The molecule has 4 rings (SSSR count). The Morgan fingerprint density at radius 2 is 1.76 bits per heavy atom. The molecular formula is C16H8ClNO3. The zero-order valence-corrected chi connectivity index (χ0v) is 11.4. The number of para-hydroxylation sites is 1. The monoisotopic (exact) mass is 297 g/mol. The van der Waals surface area contributed by atoms with Crippen molar-refractivity contribution >= 4 is 44.2 Å². The van der Waals surface area contributed by atoms with Crippen LogP contribution in [0.25, 0.3) is 32.6 Å². The molecule has 0 saturated heterocycles. The van der Waals surface area contributed by atoms with Crippen LogP contribution in [0.2, 0.25) is 5.02 Å². The molecule has 0 atom stereocenters. The van der Waals surface area contributed by atoms with Gasteiger partial charge in [0.1, 0.15) is 5.58 Å². The number of nitrogens with one attached hydrogen (secondary N) is 1. The fourth-order valence-corrected chi connectivity index (χ4v) is 2.83. The Hall–Kier alpha value is -2.59. The molecule has 5 heteroatoms. The van der Waals surface area contributed by atoms with Crippen molar-refractivity contribution in [1.82, 2.24) is 4.98 Å². The molecule has 102 valence electrons. The van der Waals surface area contributed by atoms with Gasteiger partial charge >= 0.3 is 5.63 Å². The number of fused-ring (bicyclic) bond motifs is 5. The van der Waals surface area contributed by atoms with Crippen molar-refractivity contribution < 1.29 is 4.42 Å². The van der Waals surface area contributed by atoms with E-state index in [1.54, 1.807) is 42.5 Å². The summed E-state index contributed by atoms with van der Waals surface area (Å²) in [5.74, 6) is 0. The molecule has 0 bridgehead atoms. The van der Waals surface area contributed by atoms with Crippen molar-refractivity contribution in [3.8, 4) is 0 Å². The Labute approximate surface area is 122 Å². The second-order valence-electron chi connectivity index (χ2n) is 4.78. The summed E-state index contributed by atoms with van der Waals surface area (Å²) in [7, 11) is 0. The molecule has 1 N–H and O–H groups in total. The molecule has 0 saturated carbocycles. The van der Waals surface area contributed by atoms with Crippen LogP contribution in [-0.4, -0.2) is 4.98 Å². The topological polar surface area (TPSA) is 63.1 Å². The van der Waals surface area contributed by atoms with Crippen molar-refractivity contribution in [2.24, 2.45) is 0 Å². The van der Waals surface area contributed by atoms with Gasteiger partial charge < -0.3 is 9.40 Å². The fourth-order valence-electron chi connectivity index (χ4n) is 2.65. The van der Waals surface area contributed by atoms with Gasteiger partial charge in [-0.2, -0.15) is 0 Å². The van der Waals surface area contributed by atoms with E-state index in [0.717, 1.165) is 0 Å². The van der Waals surface area contributed by atoms with Crippen LogP contribution in [0.3, 0.4) is 0 Å². The van der Waals surface area contributed by atoms with Crippen LogP contribution in [0.5, 0.6) is 0 Å². The van der Waals surface area contributed by atoms with Crippen LogP contribution in [-0.2, 0) is 0 Å². The maximum Gasteiger partial charge on any atom is 0.345 e. The minimum absolute atomic E-state index is 0.282. The lowest BCUT2D eigenvalue weighted by atomic mass is 10.1. The van der Waals surface area contributed by atoms with Crippen LogP contribution in [0, 0.1) is 0 Å². The Morgan fingerprint density at radius 1 is 0.952 bits per heavy atom. The quantitative estimate of drug-likeness (QED) is 0.399. The minimum atomic E-state index is -0.526. The van der Waals surface area contributed by atoms with Gasteiger partial charge in [0.15, 0.2) is 0 Å². The van der Waals surface area contributed by atoms with Gasteiger partial charge in [-0.05, 0) is 18.2 Å². The molecule has 0 aliphatic rings. The lowest BCUT2D eigenvalue weighted by molar-refractivity contribution is 0.570. The van der Waals surface area contributed by atoms with Gasteiger partial charge in [-0.1, -0.05) is 35.9 Å². The maximum absolute atomic E-state index is 12.4. The van der Waals surface area contributed by atoms with E-state index in [9.17, 15) is 9.59 Å². The fraction of sp³-hybridized carbons (Fsp3) is 0. The summed E-state index contributed by atoms with van der Waals surface area (Å²) in [6.45, 7) is 0. The molecule has 0 fully saturated rings. The van der Waals surface area contributed by atoms with E-state index in [1.807, 2.05) is 0 Å². The molecule has 2 aromatic carbocycles. The summed E-state index contributed by atoms with van der Waals surface area (Å²) in [4.78, 5) is 27.5. The lowest BCUT2D eigenvalue weighted by Crippen LogP contribution is -2.12. The van der Waals surface area contributed by atoms with E-state index in [-0.39, 0.29) is 10.9 Å². The van der Waals surface area contributed by atoms with Crippen molar-refractivity contribution in [3.63, 3.8) is 0 Å². The minimum Gasteiger partial charge on any atom is -0.422 e. The zero-order chi connectivity index (χ0) is 14.6. The van der Waals surface area contributed by atoms with E-state index in [4.69, 9.17) is 16.0 Å². The molecule has 0 unspecified atom stereocenters. The number of aromatic amines is 1. The number of H-pyrrole nitrogens is 1. The predicted molar refractivity (Wildman–Crippen MR) is 83.1 cm³/mol. The van der Waals surface area contributed by atoms with Gasteiger partial charge in [0.25, 0.3) is 5.56 Å². The molecule has 2 aromatic heterocycles. The predicted octanol–water partition coefficient (Wildman–Crippen LogP) is 3.44. The summed E-state index contributed by atoms with van der Waals surface area (Å²) in [6.07, 6.45) is 0. The van der Waals surface area contributed by atoms with Gasteiger partial charge in [-0.3, -0.25) is 4.79 Å². The summed E-state index contributed by atoms with van der Waals surface area (Å²) >= 11 is 5.93. The summed E-state index contributed by atoms with van der Waals surface area (Å²) in [6, 6.07) is 12.0. The zero-order valence-electron chi connectivity index (χ0n) is 10.6. The smallest absolute Gasteiger partial charge is 0.345 e. The number of halogens is 1. The first-order chi connectivity index (χ1) is 10.1. The Kier molecular flexibility index (Phi) is 2.43. The number of pyridine rings is 1. The van der Waals surface area contributed by atoms with Crippen LogP contribution in [0.4, 0.5) is 0 Å². The number of benzene rings is 2. The first kappa shape index (κ1) is 12.2. The second kappa shape index (κ2) is 4.20. The van der Waals surface area contributed by atoms with Gasteiger partial charge in [-0.25, -0.2) is 4.79 Å². The Balaban J connectivity index is 2.43. The van der Waals surface area contributed by atoms with Crippen molar-refractivity contribution in [2.45, 2.75) is 0 Å². The lowest BCUT2D eigenvalue weighted by Gasteiger charge is -2.05. The van der Waals surface area contributed by atoms with E-state index in [1.165, 1.54) is 0 Å². The highest BCUT2D eigenvalue weighted by Gasteiger charge is 2.14. The van der Waals surface area contributed by atoms with E-state index < -0.39 is 5.63 Å². The average Bonchev–Trinajstić information content (AvgIpc) is 2.46. The van der Waals surface area contributed by atoms with Crippen molar-refractivity contribution in [2.75, 3.05) is 0 Å². The van der Waals surface area contributed by atoms with E-state index in [2.05, 4.69) is 4.98 Å².